The van der Waals surface area contributed by atoms with Gasteiger partial charge in [0, 0.05) is 58.9 Å². The third-order valence-electron chi connectivity index (χ3n) is 5.72. The van der Waals surface area contributed by atoms with Crippen LogP contribution >= 0.6 is 0 Å². The Labute approximate surface area is 167 Å². The Morgan fingerprint density at radius 2 is 1.89 bits per heavy atom. The summed E-state index contributed by atoms with van der Waals surface area (Å²) >= 11 is 0. The highest BCUT2D eigenvalue weighted by Crippen LogP contribution is 2.20. The van der Waals surface area contributed by atoms with E-state index >= 15 is 0 Å². The van der Waals surface area contributed by atoms with E-state index in [0.717, 1.165) is 31.2 Å². The molecule has 0 amide bonds. The Balaban J connectivity index is 1.14. The summed E-state index contributed by atoms with van der Waals surface area (Å²) < 4.78 is 5.91. The Hall–Kier alpha value is -2.31. The summed E-state index contributed by atoms with van der Waals surface area (Å²) in [5, 5.41) is 9.33. The molecule has 2 bridgehead atoms. The first-order valence-corrected chi connectivity index (χ1v) is 10.3. The topological polar surface area (TPSA) is 52.1 Å². The van der Waals surface area contributed by atoms with E-state index in [1.165, 1.54) is 43.5 Å². The van der Waals surface area contributed by atoms with Gasteiger partial charge in [0.25, 0.3) is 0 Å². The molecule has 5 rings (SSSR count). The van der Waals surface area contributed by atoms with Crippen molar-refractivity contribution in [2.75, 3.05) is 59.5 Å². The summed E-state index contributed by atoms with van der Waals surface area (Å²) in [7, 11) is 1.83. The molecular formula is C22H31N5O. The predicted octanol–water partition coefficient (Wildman–Crippen LogP) is 1.77. The molecule has 6 nitrogen and oxygen atoms in total. The molecule has 3 fully saturated rings. The van der Waals surface area contributed by atoms with Crippen LogP contribution in [0.4, 0.5) is 0 Å². The minimum Gasteiger partial charge on any atom is -0.494 e. The fourth-order valence-electron chi connectivity index (χ4n) is 4.08. The zero-order valence-corrected chi connectivity index (χ0v) is 16.7. The Morgan fingerprint density at radius 1 is 1.07 bits per heavy atom. The van der Waals surface area contributed by atoms with Crippen molar-refractivity contribution in [2.24, 2.45) is 4.99 Å². The lowest BCUT2D eigenvalue weighted by molar-refractivity contribution is 0.0154. The molecule has 0 aromatic heterocycles. The molecule has 2 aromatic rings. The molecular weight excluding hydrogens is 350 g/mol. The maximum absolute atomic E-state index is 5.91. The number of fused-ring (bicyclic) bond motifs is 4. The van der Waals surface area contributed by atoms with Crippen molar-refractivity contribution >= 4 is 16.7 Å². The van der Waals surface area contributed by atoms with Gasteiger partial charge < -0.3 is 15.4 Å². The molecule has 150 valence electrons. The third-order valence-corrected chi connectivity index (χ3v) is 5.72. The standard InChI is InChI=1S/C22H31N5O/c1-23-22(25-16-20-17-26-10-12-27(20)13-11-26)24-9-4-14-28-21-8-7-18-5-2-3-6-19(18)15-21/h2-3,5-8,15,20H,4,9-14,16-17H2,1H3,(H2,23,24,25). The van der Waals surface area contributed by atoms with Gasteiger partial charge in [-0.15, -0.1) is 0 Å². The second-order valence-corrected chi connectivity index (χ2v) is 7.58. The van der Waals surface area contributed by atoms with E-state index < -0.39 is 0 Å². The zero-order valence-electron chi connectivity index (χ0n) is 16.7. The molecule has 2 aromatic carbocycles. The van der Waals surface area contributed by atoms with Crippen molar-refractivity contribution in [3.8, 4) is 5.75 Å². The van der Waals surface area contributed by atoms with Crippen molar-refractivity contribution in [3.63, 3.8) is 0 Å². The smallest absolute Gasteiger partial charge is 0.191 e. The lowest BCUT2D eigenvalue weighted by Crippen LogP contribution is -2.63. The van der Waals surface area contributed by atoms with Crippen LogP contribution < -0.4 is 15.4 Å². The Kier molecular flexibility index (Phi) is 6.29. The van der Waals surface area contributed by atoms with Crippen LogP contribution in [0, 0.1) is 0 Å². The number of hydrogen-bond donors (Lipinski definition) is 2. The van der Waals surface area contributed by atoms with Crippen LogP contribution in [0.2, 0.25) is 0 Å². The van der Waals surface area contributed by atoms with E-state index in [9.17, 15) is 0 Å². The number of aliphatic imine (C=N–C) groups is 1. The van der Waals surface area contributed by atoms with Gasteiger partial charge in [0.2, 0.25) is 0 Å². The molecule has 6 heteroatoms. The van der Waals surface area contributed by atoms with Gasteiger partial charge in [0.05, 0.1) is 6.61 Å². The molecule has 0 radical (unpaired) electrons. The van der Waals surface area contributed by atoms with E-state index in [4.69, 9.17) is 4.74 Å². The molecule has 0 spiro atoms. The van der Waals surface area contributed by atoms with Crippen LogP contribution in [-0.4, -0.2) is 81.3 Å². The molecule has 0 aliphatic carbocycles. The summed E-state index contributed by atoms with van der Waals surface area (Å²) in [6.07, 6.45) is 0.927. The van der Waals surface area contributed by atoms with E-state index in [-0.39, 0.29) is 0 Å². The van der Waals surface area contributed by atoms with Crippen LogP contribution in [0.1, 0.15) is 6.42 Å². The molecule has 1 unspecified atom stereocenters. The second kappa shape index (κ2) is 9.26. The quantitative estimate of drug-likeness (QED) is 0.435. The number of nitrogens with one attached hydrogen (secondary N) is 2. The highest BCUT2D eigenvalue weighted by Gasteiger charge is 2.31. The van der Waals surface area contributed by atoms with Crippen LogP contribution in [-0.2, 0) is 0 Å². The Bertz CT molecular complexity index is 800. The summed E-state index contributed by atoms with van der Waals surface area (Å²) in [6.45, 7) is 8.49. The van der Waals surface area contributed by atoms with Crippen LogP contribution in [0.5, 0.6) is 5.75 Å². The first kappa shape index (κ1) is 19.0. The number of rotatable bonds is 7. The number of guanidine groups is 1. The van der Waals surface area contributed by atoms with Crippen LogP contribution in [0.3, 0.4) is 0 Å². The number of ether oxygens (including phenoxy) is 1. The molecule has 0 saturated carbocycles. The van der Waals surface area contributed by atoms with Gasteiger partial charge in [0.15, 0.2) is 5.96 Å². The summed E-state index contributed by atoms with van der Waals surface area (Å²) in [5.74, 6) is 1.81. The fraction of sp³-hybridized carbons (Fsp3) is 0.500. The normalized spacial score (nSPS) is 24.3. The number of benzene rings is 2. The van der Waals surface area contributed by atoms with Crippen molar-refractivity contribution in [3.05, 3.63) is 42.5 Å². The van der Waals surface area contributed by atoms with Crippen molar-refractivity contribution in [1.82, 2.24) is 20.4 Å². The fourth-order valence-corrected chi connectivity index (χ4v) is 4.08. The van der Waals surface area contributed by atoms with E-state index in [0.29, 0.717) is 12.6 Å². The summed E-state index contributed by atoms with van der Waals surface area (Å²) in [5.41, 5.74) is 0. The van der Waals surface area contributed by atoms with Gasteiger partial charge in [-0.1, -0.05) is 30.3 Å². The van der Waals surface area contributed by atoms with E-state index in [2.05, 4.69) is 61.8 Å². The minimum absolute atomic E-state index is 0.595. The van der Waals surface area contributed by atoms with E-state index in [1.807, 2.05) is 13.1 Å². The van der Waals surface area contributed by atoms with E-state index in [1.54, 1.807) is 0 Å². The maximum atomic E-state index is 5.91. The number of hydrogen-bond acceptors (Lipinski definition) is 4. The van der Waals surface area contributed by atoms with Crippen LogP contribution in [0.25, 0.3) is 10.8 Å². The lowest BCUT2D eigenvalue weighted by atomic mass is 10.1. The van der Waals surface area contributed by atoms with Crippen molar-refractivity contribution < 1.29 is 4.74 Å². The summed E-state index contributed by atoms with van der Waals surface area (Å²) in [6, 6.07) is 15.2. The van der Waals surface area contributed by atoms with Crippen molar-refractivity contribution in [2.45, 2.75) is 12.5 Å². The average Bonchev–Trinajstić information content (AvgIpc) is 2.76. The minimum atomic E-state index is 0.595. The van der Waals surface area contributed by atoms with Gasteiger partial charge in [-0.2, -0.15) is 0 Å². The summed E-state index contributed by atoms with van der Waals surface area (Å²) in [4.78, 5) is 9.50. The van der Waals surface area contributed by atoms with Gasteiger partial charge in [0.1, 0.15) is 5.75 Å². The monoisotopic (exact) mass is 381 g/mol. The highest BCUT2D eigenvalue weighted by molar-refractivity contribution is 5.83. The molecule has 3 saturated heterocycles. The molecule has 3 aliphatic rings. The SMILES string of the molecule is CN=C(NCCCOc1ccc2ccccc2c1)NCC1CN2CCN1CC2. The second-order valence-electron chi connectivity index (χ2n) is 7.58. The zero-order chi connectivity index (χ0) is 19.2. The molecule has 28 heavy (non-hydrogen) atoms. The number of nitrogens with zero attached hydrogens (tertiary/aromatic N) is 3. The lowest BCUT2D eigenvalue weighted by Gasteiger charge is -2.47. The molecule has 2 N–H and O–H groups in total. The molecule has 3 aliphatic heterocycles. The Morgan fingerprint density at radius 3 is 2.64 bits per heavy atom. The molecule has 1 atom stereocenters. The van der Waals surface area contributed by atoms with Crippen molar-refractivity contribution in [1.29, 1.82) is 0 Å². The van der Waals surface area contributed by atoms with Gasteiger partial charge in [-0.3, -0.25) is 14.8 Å². The van der Waals surface area contributed by atoms with Gasteiger partial charge >= 0.3 is 0 Å². The first-order valence-electron chi connectivity index (χ1n) is 10.3. The number of piperazine rings is 3. The first-order chi connectivity index (χ1) is 13.8. The highest BCUT2D eigenvalue weighted by atomic mass is 16.5. The van der Waals surface area contributed by atoms with Crippen LogP contribution in [0.15, 0.2) is 47.5 Å². The van der Waals surface area contributed by atoms with Gasteiger partial charge in [-0.25, -0.2) is 0 Å². The van der Waals surface area contributed by atoms with Gasteiger partial charge in [-0.05, 0) is 29.3 Å². The largest absolute Gasteiger partial charge is 0.494 e. The average molecular weight is 382 g/mol. The third kappa shape index (κ3) is 4.75. The predicted molar refractivity (Wildman–Crippen MR) is 115 cm³/mol. The molecule has 3 heterocycles. The maximum Gasteiger partial charge on any atom is 0.191 e.